The van der Waals surface area contributed by atoms with Gasteiger partial charge in [0.1, 0.15) is 6.04 Å². The number of aryl methyl sites for hydroxylation is 2. The first-order valence-electron chi connectivity index (χ1n) is 9.17. The van der Waals surface area contributed by atoms with Crippen molar-refractivity contribution in [2.75, 3.05) is 11.9 Å². The maximum absolute atomic E-state index is 12.4. The molecule has 2 amide bonds. The van der Waals surface area contributed by atoms with Crippen LogP contribution in [0.2, 0.25) is 0 Å². The van der Waals surface area contributed by atoms with Crippen molar-refractivity contribution in [2.45, 2.75) is 33.7 Å². The predicted molar refractivity (Wildman–Crippen MR) is 108 cm³/mol. The third-order valence-electron chi connectivity index (χ3n) is 4.17. The molecule has 148 valence electrons. The zero-order valence-electron chi connectivity index (χ0n) is 16.6. The Morgan fingerprint density at radius 1 is 0.964 bits per heavy atom. The molecule has 1 atom stereocenters. The second-order valence-corrected chi connectivity index (χ2v) is 7.09. The van der Waals surface area contributed by atoms with E-state index < -0.39 is 24.5 Å². The fourth-order valence-electron chi connectivity index (χ4n) is 2.57. The van der Waals surface area contributed by atoms with Gasteiger partial charge in [-0.3, -0.25) is 9.59 Å². The van der Waals surface area contributed by atoms with Crippen molar-refractivity contribution in [1.29, 1.82) is 0 Å². The zero-order valence-corrected chi connectivity index (χ0v) is 16.6. The van der Waals surface area contributed by atoms with Crippen LogP contribution in [-0.2, 0) is 14.3 Å². The van der Waals surface area contributed by atoms with Crippen LogP contribution in [0.3, 0.4) is 0 Å². The fourth-order valence-corrected chi connectivity index (χ4v) is 2.57. The summed E-state index contributed by atoms with van der Waals surface area (Å²) in [6, 6.07) is 13.5. The lowest BCUT2D eigenvalue weighted by molar-refractivity contribution is -0.150. The molecule has 2 rings (SSSR count). The Balaban J connectivity index is 1.92. The summed E-state index contributed by atoms with van der Waals surface area (Å²) in [5, 5.41) is 5.36. The summed E-state index contributed by atoms with van der Waals surface area (Å²) in [6.45, 7) is 7.02. The summed E-state index contributed by atoms with van der Waals surface area (Å²) in [5.74, 6) is -1.64. The second kappa shape index (κ2) is 9.69. The van der Waals surface area contributed by atoms with Gasteiger partial charge in [0, 0.05) is 11.3 Å². The van der Waals surface area contributed by atoms with Crippen LogP contribution in [-0.4, -0.2) is 30.4 Å². The van der Waals surface area contributed by atoms with Gasteiger partial charge in [-0.1, -0.05) is 43.7 Å². The fraction of sp³-hybridized carbons (Fsp3) is 0.318. The minimum Gasteiger partial charge on any atom is -0.454 e. The van der Waals surface area contributed by atoms with E-state index in [1.807, 2.05) is 44.2 Å². The van der Waals surface area contributed by atoms with Gasteiger partial charge in [0.05, 0.1) is 0 Å². The Labute approximate surface area is 165 Å². The molecule has 0 radical (unpaired) electrons. The third-order valence-corrected chi connectivity index (χ3v) is 4.17. The minimum absolute atomic E-state index is 0.193. The van der Waals surface area contributed by atoms with E-state index in [4.69, 9.17) is 4.74 Å². The van der Waals surface area contributed by atoms with Gasteiger partial charge in [-0.05, 0) is 49.6 Å². The summed E-state index contributed by atoms with van der Waals surface area (Å²) >= 11 is 0. The van der Waals surface area contributed by atoms with E-state index in [1.54, 1.807) is 32.0 Å². The number of ether oxygens (including phenoxy) is 1. The molecule has 0 aliphatic rings. The molecule has 2 aromatic rings. The van der Waals surface area contributed by atoms with E-state index in [0.717, 1.165) is 11.1 Å². The number of carbonyl (C=O) groups is 3. The largest absolute Gasteiger partial charge is 0.454 e. The van der Waals surface area contributed by atoms with Crippen LogP contribution in [0.1, 0.15) is 35.3 Å². The highest BCUT2D eigenvalue weighted by atomic mass is 16.5. The van der Waals surface area contributed by atoms with Crippen LogP contribution < -0.4 is 10.6 Å². The van der Waals surface area contributed by atoms with E-state index in [1.165, 1.54) is 0 Å². The molecule has 0 aliphatic carbocycles. The standard InChI is InChI=1S/C22H26N2O4/c1-14(2)20(24-21(26)17-10-8-15(3)9-11-17)22(27)28-13-19(25)23-18-7-5-6-16(4)12-18/h5-12,14,20H,13H2,1-4H3,(H,23,25)(H,24,26). The molecule has 0 heterocycles. The number of amides is 2. The predicted octanol–water partition coefficient (Wildman–Crippen LogP) is 3.24. The van der Waals surface area contributed by atoms with Gasteiger partial charge in [-0.2, -0.15) is 0 Å². The molecule has 0 aliphatic heterocycles. The van der Waals surface area contributed by atoms with E-state index in [0.29, 0.717) is 11.3 Å². The first-order chi connectivity index (χ1) is 13.3. The molecular formula is C22H26N2O4. The van der Waals surface area contributed by atoms with Gasteiger partial charge in [0.25, 0.3) is 11.8 Å². The van der Waals surface area contributed by atoms with Gasteiger partial charge in [-0.25, -0.2) is 4.79 Å². The number of anilines is 1. The van der Waals surface area contributed by atoms with Crippen molar-refractivity contribution >= 4 is 23.5 Å². The monoisotopic (exact) mass is 382 g/mol. The van der Waals surface area contributed by atoms with Crippen LogP contribution in [0.4, 0.5) is 5.69 Å². The SMILES string of the molecule is Cc1ccc(C(=O)NC(C(=O)OCC(=O)Nc2cccc(C)c2)C(C)C)cc1. The summed E-state index contributed by atoms with van der Waals surface area (Å²) in [7, 11) is 0. The highest BCUT2D eigenvalue weighted by Gasteiger charge is 2.26. The average Bonchev–Trinajstić information content (AvgIpc) is 2.64. The summed E-state index contributed by atoms with van der Waals surface area (Å²) in [4.78, 5) is 36.8. The number of rotatable bonds is 7. The zero-order chi connectivity index (χ0) is 20.7. The van der Waals surface area contributed by atoms with Crippen molar-refractivity contribution in [3.05, 3.63) is 65.2 Å². The van der Waals surface area contributed by atoms with Crippen LogP contribution in [0.15, 0.2) is 48.5 Å². The topological polar surface area (TPSA) is 84.5 Å². The Kier molecular flexibility index (Phi) is 7.32. The molecule has 6 nitrogen and oxygen atoms in total. The summed E-state index contributed by atoms with van der Waals surface area (Å²) in [5.41, 5.74) is 3.14. The molecule has 0 bridgehead atoms. The van der Waals surface area contributed by atoms with Crippen LogP contribution in [0, 0.1) is 19.8 Å². The maximum atomic E-state index is 12.4. The van der Waals surface area contributed by atoms with Crippen molar-refractivity contribution in [2.24, 2.45) is 5.92 Å². The van der Waals surface area contributed by atoms with E-state index in [2.05, 4.69) is 10.6 Å². The summed E-state index contributed by atoms with van der Waals surface area (Å²) in [6.07, 6.45) is 0. The molecule has 0 saturated carbocycles. The molecule has 2 N–H and O–H groups in total. The van der Waals surface area contributed by atoms with Gasteiger partial charge in [0.15, 0.2) is 6.61 Å². The molecule has 6 heteroatoms. The van der Waals surface area contributed by atoms with Gasteiger partial charge in [0.2, 0.25) is 0 Å². The van der Waals surface area contributed by atoms with Gasteiger partial charge >= 0.3 is 5.97 Å². The first kappa shape index (κ1) is 21.2. The van der Waals surface area contributed by atoms with Crippen LogP contribution in [0.25, 0.3) is 0 Å². The maximum Gasteiger partial charge on any atom is 0.329 e. The molecule has 28 heavy (non-hydrogen) atoms. The Bertz CT molecular complexity index is 844. The second-order valence-electron chi connectivity index (χ2n) is 7.09. The number of benzene rings is 2. The third kappa shape index (κ3) is 6.23. The highest BCUT2D eigenvalue weighted by molar-refractivity contribution is 5.97. The molecule has 1 unspecified atom stereocenters. The molecule has 0 spiro atoms. The van der Waals surface area contributed by atoms with E-state index in [-0.39, 0.29) is 11.8 Å². The lowest BCUT2D eigenvalue weighted by atomic mass is 10.0. The molecular weight excluding hydrogens is 356 g/mol. The van der Waals surface area contributed by atoms with Crippen molar-refractivity contribution in [1.82, 2.24) is 5.32 Å². The van der Waals surface area contributed by atoms with Crippen molar-refractivity contribution < 1.29 is 19.1 Å². The number of hydrogen-bond acceptors (Lipinski definition) is 4. The minimum atomic E-state index is -0.847. The molecule has 0 saturated heterocycles. The van der Waals surface area contributed by atoms with Crippen LogP contribution >= 0.6 is 0 Å². The highest BCUT2D eigenvalue weighted by Crippen LogP contribution is 2.10. The normalized spacial score (nSPS) is 11.6. The molecule has 0 aromatic heterocycles. The molecule has 2 aromatic carbocycles. The number of hydrogen-bond donors (Lipinski definition) is 2. The Hall–Kier alpha value is -3.15. The number of esters is 1. The Morgan fingerprint density at radius 2 is 1.64 bits per heavy atom. The lowest BCUT2D eigenvalue weighted by Crippen LogP contribution is -2.45. The number of nitrogens with one attached hydrogen (secondary N) is 2. The Morgan fingerprint density at radius 3 is 2.25 bits per heavy atom. The van der Waals surface area contributed by atoms with E-state index in [9.17, 15) is 14.4 Å². The summed E-state index contributed by atoms with van der Waals surface area (Å²) < 4.78 is 5.12. The van der Waals surface area contributed by atoms with Crippen molar-refractivity contribution in [3.63, 3.8) is 0 Å². The van der Waals surface area contributed by atoms with Crippen LogP contribution in [0.5, 0.6) is 0 Å². The quantitative estimate of drug-likeness (QED) is 0.720. The first-order valence-corrected chi connectivity index (χ1v) is 9.17. The van der Waals surface area contributed by atoms with E-state index >= 15 is 0 Å². The number of carbonyl (C=O) groups excluding carboxylic acids is 3. The van der Waals surface area contributed by atoms with Gasteiger partial charge in [-0.15, -0.1) is 0 Å². The smallest absolute Gasteiger partial charge is 0.329 e. The average molecular weight is 382 g/mol. The lowest BCUT2D eigenvalue weighted by Gasteiger charge is -2.21. The molecule has 0 fully saturated rings. The van der Waals surface area contributed by atoms with Gasteiger partial charge < -0.3 is 15.4 Å². The van der Waals surface area contributed by atoms with Crippen molar-refractivity contribution in [3.8, 4) is 0 Å².